The molecule has 6 heteroatoms. The highest BCUT2D eigenvalue weighted by Crippen LogP contribution is 2.21. The molecule has 1 aromatic rings. The Balaban J connectivity index is 1.99. The Morgan fingerprint density at radius 3 is 2.90 bits per heavy atom. The molecular weight excluding hydrogens is 256 g/mol. The summed E-state index contributed by atoms with van der Waals surface area (Å²) in [4.78, 5) is 13.9. The average Bonchev–Trinajstić information content (AvgIpc) is 2.53. The molecule has 2 N–H and O–H groups in total. The van der Waals surface area contributed by atoms with Crippen molar-refractivity contribution in [2.24, 2.45) is 0 Å². The second-order valence-corrected chi connectivity index (χ2v) is 4.51. The quantitative estimate of drug-likeness (QED) is 0.831. The summed E-state index contributed by atoms with van der Waals surface area (Å²) < 4.78 is 5.12. The van der Waals surface area contributed by atoms with Crippen molar-refractivity contribution in [3.8, 4) is 11.8 Å². The molecule has 0 aliphatic carbocycles. The van der Waals surface area contributed by atoms with Crippen LogP contribution in [0.4, 0.5) is 5.69 Å². The average molecular weight is 274 g/mol. The van der Waals surface area contributed by atoms with Crippen LogP contribution in [-0.4, -0.2) is 50.6 Å². The Labute approximate surface area is 118 Å². The highest BCUT2D eigenvalue weighted by atomic mass is 16.5. The molecule has 1 heterocycles. The number of carbonyl (C=O) groups excluding carboxylic acids is 1. The van der Waals surface area contributed by atoms with Crippen LogP contribution in [-0.2, 0) is 4.79 Å². The number of hydrogen-bond acceptors (Lipinski definition) is 5. The molecule has 6 nitrogen and oxygen atoms in total. The summed E-state index contributed by atoms with van der Waals surface area (Å²) in [5.41, 5.74) is 1.12. The van der Waals surface area contributed by atoms with Crippen LogP contribution in [0.3, 0.4) is 0 Å². The summed E-state index contributed by atoms with van der Waals surface area (Å²) in [7, 11) is 1.57. The highest BCUT2D eigenvalue weighted by Gasteiger charge is 2.16. The second-order valence-electron chi connectivity index (χ2n) is 4.51. The topological polar surface area (TPSA) is 77.4 Å². The van der Waals surface area contributed by atoms with Crippen molar-refractivity contribution in [3.63, 3.8) is 0 Å². The maximum Gasteiger partial charge on any atom is 0.241 e. The molecule has 1 aliphatic rings. The minimum Gasteiger partial charge on any atom is -0.497 e. The number of rotatable bonds is 4. The van der Waals surface area contributed by atoms with Gasteiger partial charge < -0.3 is 20.3 Å². The van der Waals surface area contributed by atoms with E-state index in [4.69, 9.17) is 10.00 Å². The SMILES string of the molecule is COc1ccc(C#N)c(NCC(=O)N2CCNCC2)c1. The predicted molar refractivity (Wildman–Crippen MR) is 75.6 cm³/mol. The smallest absolute Gasteiger partial charge is 0.241 e. The molecule has 0 atom stereocenters. The third-order valence-electron chi connectivity index (χ3n) is 3.25. The second kappa shape index (κ2) is 6.78. The van der Waals surface area contributed by atoms with Gasteiger partial charge in [0.25, 0.3) is 0 Å². The lowest BCUT2D eigenvalue weighted by Gasteiger charge is -2.27. The third kappa shape index (κ3) is 3.39. The summed E-state index contributed by atoms with van der Waals surface area (Å²) in [5, 5.41) is 15.3. The fourth-order valence-corrected chi connectivity index (χ4v) is 2.09. The summed E-state index contributed by atoms with van der Waals surface area (Å²) >= 11 is 0. The van der Waals surface area contributed by atoms with Gasteiger partial charge in [0.15, 0.2) is 0 Å². The largest absolute Gasteiger partial charge is 0.497 e. The number of anilines is 1. The summed E-state index contributed by atoms with van der Waals surface area (Å²) in [5.74, 6) is 0.694. The summed E-state index contributed by atoms with van der Waals surface area (Å²) in [6.45, 7) is 3.29. The van der Waals surface area contributed by atoms with Crippen molar-refractivity contribution in [1.29, 1.82) is 5.26 Å². The Morgan fingerprint density at radius 1 is 1.50 bits per heavy atom. The zero-order valence-corrected chi connectivity index (χ0v) is 11.5. The molecule has 20 heavy (non-hydrogen) atoms. The van der Waals surface area contributed by atoms with Crippen LogP contribution in [0.1, 0.15) is 5.56 Å². The number of nitriles is 1. The molecule has 1 aromatic carbocycles. The van der Waals surface area contributed by atoms with E-state index in [1.807, 2.05) is 4.90 Å². The van der Waals surface area contributed by atoms with Crippen molar-refractivity contribution >= 4 is 11.6 Å². The van der Waals surface area contributed by atoms with Crippen molar-refractivity contribution < 1.29 is 9.53 Å². The number of amides is 1. The van der Waals surface area contributed by atoms with Crippen LogP contribution in [0, 0.1) is 11.3 Å². The molecule has 0 bridgehead atoms. The fraction of sp³-hybridized carbons (Fsp3) is 0.429. The molecule has 1 amide bonds. The Kier molecular flexibility index (Phi) is 4.80. The van der Waals surface area contributed by atoms with Crippen LogP contribution in [0.25, 0.3) is 0 Å². The van der Waals surface area contributed by atoms with Crippen LogP contribution < -0.4 is 15.4 Å². The van der Waals surface area contributed by atoms with Crippen molar-refractivity contribution in [1.82, 2.24) is 10.2 Å². The molecule has 2 rings (SSSR count). The van der Waals surface area contributed by atoms with E-state index in [2.05, 4.69) is 16.7 Å². The number of carbonyl (C=O) groups is 1. The zero-order valence-electron chi connectivity index (χ0n) is 11.5. The normalized spacial score (nSPS) is 14.5. The standard InChI is InChI=1S/C14H18N4O2/c1-20-12-3-2-11(9-15)13(8-12)17-10-14(19)18-6-4-16-5-7-18/h2-3,8,16-17H,4-7,10H2,1H3. The molecule has 0 unspecified atom stereocenters. The number of nitrogens with zero attached hydrogens (tertiary/aromatic N) is 2. The lowest BCUT2D eigenvalue weighted by molar-refractivity contribution is -0.129. The molecule has 1 fully saturated rings. The fourth-order valence-electron chi connectivity index (χ4n) is 2.09. The molecule has 1 aliphatic heterocycles. The van der Waals surface area contributed by atoms with Gasteiger partial charge in [-0.25, -0.2) is 0 Å². The lowest BCUT2D eigenvalue weighted by Crippen LogP contribution is -2.48. The number of hydrogen-bond donors (Lipinski definition) is 2. The molecule has 0 radical (unpaired) electrons. The van der Waals surface area contributed by atoms with Crippen LogP contribution in [0.2, 0.25) is 0 Å². The zero-order chi connectivity index (χ0) is 14.4. The van der Waals surface area contributed by atoms with Gasteiger partial charge in [0.2, 0.25) is 5.91 Å². The molecular formula is C14H18N4O2. The number of nitrogens with one attached hydrogen (secondary N) is 2. The van der Waals surface area contributed by atoms with E-state index < -0.39 is 0 Å². The maximum atomic E-state index is 12.0. The van der Waals surface area contributed by atoms with E-state index in [0.717, 1.165) is 26.2 Å². The van der Waals surface area contributed by atoms with E-state index in [1.165, 1.54) is 0 Å². The van der Waals surface area contributed by atoms with Gasteiger partial charge in [0, 0.05) is 32.2 Å². The van der Waals surface area contributed by atoms with E-state index >= 15 is 0 Å². The van der Waals surface area contributed by atoms with Crippen molar-refractivity contribution in [3.05, 3.63) is 23.8 Å². The number of benzene rings is 1. The molecule has 1 saturated heterocycles. The first-order valence-corrected chi connectivity index (χ1v) is 6.55. The van der Waals surface area contributed by atoms with Crippen LogP contribution >= 0.6 is 0 Å². The van der Waals surface area contributed by atoms with E-state index in [1.54, 1.807) is 25.3 Å². The Bertz CT molecular complexity index is 518. The molecule has 0 spiro atoms. The molecule has 0 aromatic heterocycles. The predicted octanol–water partition coefficient (Wildman–Crippen LogP) is 0.411. The van der Waals surface area contributed by atoms with Gasteiger partial charge in [-0.05, 0) is 12.1 Å². The van der Waals surface area contributed by atoms with Crippen LogP contribution in [0.5, 0.6) is 5.75 Å². The van der Waals surface area contributed by atoms with E-state index in [9.17, 15) is 4.79 Å². The van der Waals surface area contributed by atoms with Gasteiger partial charge in [0.1, 0.15) is 11.8 Å². The number of methoxy groups -OCH3 is 1. The van der Waals surface area contributed by atoms with Crippen molar-refractivity contribution in [2.45, 2.75) is 0 Å². The summed E-state index contributed by atoms with van der Waals surface area (Å²) in [6, 6.07) is 7.22. The Hall–Kier alpha value is -2.26. The van der Waals surface area contributed by atoms with Crippen molar-refractivity contribution in [2.75, 3.05) is 45.2 Å². The van der Waals surface area contributed by atoms with Gasteiger partial charge in [-0.3, -0.25) is 4.79 Å². The lowest BCUT2D eigenvalue weighted by atomic mass is 10.2. The highest BCUT2D eigenvalue weighted by molar-refractivity contribution is 5.81. The molecule has 0 saturated carbocycles. The third-order valence-corrected chi connectivity index (χ3v) is 3.25. The Morgan fingerprint density at radius 2 is 2.25 bits per heavy atom. The first kappa shape index (κ1) is 14.2. The van der Waals surface area contributed by atoms with Gasteiger partial charge in [-0.15, -0.1) is 0 Å². The number of ether oxygens (including phenoxy) is 1. The molecule has 106 valence electrons. The first-order valence-electron chi connectivity index (χ1n) is 6.55. The minimum absolute atomic E-state index is 0.0400. The van der Waals surface area contributed by atoms with Gasteiger partial charge in [-0.1, -0.05) is 0 Å². The van der Waals surface area contributed by atoms with Gasteiger partial charge >= 0.3 is 0 Å². The van der Waals surface area contributed by atoms with E-state index in [0.29, 0.717) is 17.0 Å². The van der Waals surface area contributed by atoms with Gasteiger partial charge in [-0.2, -0.15) is 5.26 Å². The maximum absolute atomic E-state index is 12.0. The van der Waals surface area contributed by atoms with Gasteiger partial charge in [0.05, 0.1) is 24.9 Å². The first-order chi connectivity index (χ1) is 9.74. The summed E-state index contributed by atoms with van der Waals surface area (Å²) in [6.07, 6.45) is 0. The monoisotopic (exact) mass is 274 g/mol. The minimum atomic E-state index is 0.0400. The van der Waals surface area contributed by atoms with E-state index in [-0.39, 0.29) is 12.5 Å². The number of piperazine rings is 1. The van der Waals surface area contributed by atoms with Crippen LogP contribution in [0.15, 0.2) is 18.2 Å².